The van der Waals surface area contributed by atoms with Gasteiger partial charge in [-0.3, -0.25) is 4.18 Å². The van der Waals surface area contributed by atoms with Gasteiger partial charge in [-0.05, 0) is 55.2 Å². The van der Waals surface area contributed by atoms with Gasteiger partial charge in [0.05, 0.1) is 12.9 Å². The van der Waals surface area contributed by atoms with Gasteiger partial charge in [0.25, 0.3) is 10.1 Å². The van der Waals surface area contributed by atoms with E-state index in [2.05, 4.69) is 4.18 Å². The number of benzene rings is 1. The van der Waals surface area contributed by atoms with Crippen LogP contribution in [-0.4, -0.2) is 33.0 Å². The van der Waals surface area contributed by atoms with E-state index in [0.29, 0.717) is 18.3 Å². The minimum absolute atomic E-state index is 0.115. The Hall–Kier alpha value is -0.980. The molecule has 1 saturated carbocycles. The maximum absolute atomic E-state index is 12.8. The smallest absolute Gasteiger partial charge is 0.267 e. The Labute approximate surface area is 138 Å². The summed E-state index contributed by atoms with van der Waals surface area (Å²) in [6.07, 6.45) is 5.13. The van der Waals surface area contributed by atoms with Crippen LogP contribution in [0.2, 0.25) is 0 Å². The van der Waals surface area contributed by atoms with Gasteiger partial charge in [0.1, 0.15) is 5.82 Å². The number of hydrogen-bond donors (Lipinski definition) is 1. The first-order valence-corrected chi connectivity index (χ1v) is 9.64. The van der Waals surface area contributed by atoms with E-state index in [1.165, 1.54) is 37.6 Å². The van der Waals surface area contributed by atoms with Gasteiger partial charge in [-0.25, -0.2) is 4.39 Å². The molecule has 23 heavy (non-hydrogen) atoms. The van der Waals surface area contributed by atoms with Crippen LogP contribution in [0.1, 0.15) is 50.5 Å². The highest BCUT2D eigenvalue weighted by molar-refractivity contribution is 7.86. The third-order valence-electron chi connectivity index (χ3n) is 4.09. The standard InChI is InChI=1S/C13H17FO.C4H10O3S/c14-13-6-4-11(5-7-13)12-3-1-2-10(8-12)9-15;1-3-4-8(5,6)7-2/h4-7,10,12,15H,1-3,8-9H2;3-4H2,1-2H3. The predicted octanol–water partition coefficient (Wildman–Crippen LogP) is 3.46. The van der Waals surface area contributed by atoms with Crippen molar-refractivity contribution in [2.45, 2.75) is 44.9 Å². The number of hydrogen-bond acceptors (Lipinski definition) is 4. The molecule has 0 radical (unpaired) electrons. The summed E-state index contributed by atoms with van der Waals surface area (Å²) < 4.78 is 37.7. The number of halogens is 1. The molecule has 1 N–H and O–H groups in total. The van der Waals surface area contributed by atoms with Crippen molar-refractivity contribution >= 4 is 10.1 Å². The quantitative estimate of drug-likeness (QED) is 0.829. The van der Waals surface area contributed by atoms with Crippen molar-refractivity contribution in [3.63, 3.8) is 0 Å². The molecule has 132 valence electrons. The van der Waals surface area contributed by atoms with Gasteiger partial charge in [0.15, 0.2) is 0 Å². The number of aliphatic hydroxyl groups excluding tert-OH is 1. The molecule has 1 fully saturated rings. The Kier molecular flexibility index (Phi) is 8.73. The molecule has 0 aromatic heterocycles. The normalized spacial score (nSPS) is 21.4. The zero-order chi connectivity index (χ0) is 17.3. The topological polar surface area (TPSA) is 63.6 Å². The zero-order valence-electron chi connectivity index (χ0n) is 13.9. The third-order valence-corrected chi connectivity index (χ3v) is 5.51. The second-order valence-electron chi connectivity index (χ2n) is 5.89. The van der Waals surface area contributed by atoms with E-state index in [0.717, 1.165) is 12.8 Å². The highest BCUT2D eigenvalue weighted by Crippen LogP contribution is 2.35. The van der Waals surface area contributed by atoms with Gasteiger partial charge in [0.2, 0.25) is 0 Å². The van der Waals surface area contributed by atoms with Crippen LogP contribution in [-0.2, 0) is 14.3 Å². The lowest BCUT2D eigenvalue weighted by atomic mass is 9.78. The van der Waals surface area contributed by atoms with Crippen LogP contribution in [0.25, 0.3) is 0 Å². The van der Waals surface area contributed by atoms with E-state index in [9.17, 15) is 12.8 Å². The summed E-state index contributed by atoms with van der Waals surface area (Å²) in [5.74, 6) is 0.891. The van der Waals surface area contributed by atoms with Crippen LogP contribution in [0.15, 0.2) is 24.3 Å². The third kappa shape index (κ3) is 7.42. The molecule has 0 amide bonds. The SMILES string of the molecule is CCCS(=O)(=O)OC.OCC1CCCC(c2ccc(F)cc2)C1. The van der Waals surface area contributed by atoms with Gasteiger partial charge in [-0.1, -0.05) is 25.5 Å². The van der Waals surface area contributed by atoms with Crippen LogP contribution in [0, 0.1) is 11.7 Å². The van der Waals surface area contributed by atoms with Crippen LogP contribution in [0.3, 0.4) is 0 Å². The summed E-state index contributed by atoms with van der Waals surface area (Å²) in [7, 11) is -2.00. The summed E-state index contributed by atoms with van der Waals surface area (Å²) >= 11 is 0. The van der Waals surface area contributed by atoms with Gasteiger partial charge < -0.3 is 5.11 Å². The molecule has 0 aliphatic heterocycles. The van der Waals surface area contributed by atoms with Gasteiger partial charge in [-0.2, -0.15) is 8.42 Å². The summed E-state index contributed by atoms with van der Waals surface area (Å²) in [5, 5.41) is 9.14. The molecule has 1 aromatic rings. The van der Waals surface area contributed by atoms with E-state index < -0.39 is 10.1 Å². The van der Waals surface area contributed by atoms with Crippen molar-refractivity contribution in [1.29, 1.82) is 0 Å². The molecule has 0 heterocycles. The molecule has 2 rings (SSSR count). The second-order valence-corrected chi connectivity index (χ2v) is 7.75. The maximum atomic E-state index is 12.8. The van der Waals surface area contributed by atoms with Crippen molar-refractivity contribution in [2.75, 3.05) is 19.5 Å². The van der Waals surface area contributed by atoms with Gasteiger partial charge >= 0.3 is 0 Å². The first-order valence-electron chi connectivity index (χ1n) is 8.06. The van der Waals surface area contributed by atoms with Crippen molar-refractivity contribution in [3.05, 3.63) is 35.6 Å². The van der Waals surface area contributed by atoms with Crippen molar-refractivity contribution in [1.82, 2.24) is 0 Å². The Balaban J connectivity index is 0.000000284. The summed E-state index contributed by atoms with van der Waals surface area (Å²) in [5.41, 5.74) is 1.22. The van der Waals surface area contributed by atoms with E-state index in [1.807, 2.05) is 12.1 Å². The predicted molar refractivity (Wildman–Crippen MR) is 89.3 cm³/mol. The molecule has 4 nitrogen and oxygen atoms in total. The monoisotopic (exact) mass is 346 g/mol. The van der Waals surface area contributed by atoms with E-state index in [-0.39, 0.29) is 18.2 Å². The molecule has 1 aromatic carbocycles. The average molecular weight is 346 g/mol. The Bertz CT molecular complexity index is 542. The molecular weight excluding hydrogens is 319 g/mol. The van der Waals surface area contributed by atoms with Crippen molar-refractivity contribution in [2.24, 2.45) is 5.92 Å². The molecule has 2 atom stereocenters. The molecule has 6 heteroatoms. The van der Waals surface area contributed by atoms with E-state index in [1.54, 1.807) is 6.92 Å². The Morgan fingerprint density at radius 1 is 1.26 bits per heavy atom. The van der Waals surface area contributed by atoms with Crippen LogP contribution >= 0.6 is 0 Å². The van der Waals surface area contributed by atoms with E-state index >= 15 is 0 Å². The molecule has 2 unspecified atom stereocenters. The fourth-order valence-corrected chi connectivity index (χ4v) is 3.49. The Morgan fingerprint density at radius 3 is 2.39 bits per heavy atom. The number of aliphatic hydroxyl groups is 1. The van der Waals surface area contributed by atoms with Crippen LogP contribution in [0.4, 0.5) is 4.39 Å². The summed E-state index contributed by atoms with van der Waals surface area (Å²) in [6, 6.07) is 6.80. The molecule has 0 saturated heterocycles. The minimum atomic E-state index is -3.17. The molecule has 1 aliphatic rings. The largest absolute Gasteiger partial charge is 0.396 e. The van der Waals surface area contributed by atoms with Crippen LogP contribution < -0.4 is 0 Å². The highest BCUT2D eigenvalue weighted by atomic mass is 32.2. The molecule has 1 aliphatic carbocycles. The highest BCUT2D eigenvalue weighted by Gasteiger charge is 2.22. The summed E-state index contributed by atoms with van der Waals surface area (Å²) in [6.45, 7) is 2.08. The summed E-state index contributed by atoms with van der Waals surface area (Å²) in [4.78, 5) is 0. The Morgan fingerprint density at radius 2 is 1.91 bits per heavy atom. The van der Waals surface area contributed by atoms with Gasteiger partial charge in [0, 0.05) is 6.61 Å². The molecular formula is C17H27FO4S. The fraction of sp³-hybridized carbons (Fsp3) is 0.647. The van der Waals surface area contributed by atoms with Crippen LogP contribution in [0.5, 0.6) is 0 Å². The molecule has 0 bridgehead atoms. The average Bonchev–Trinajstić information content (AvgIpc) is 2.56. The molecule has 0 spiro atoms. The van der Waals surface area contributed by atoms with Crippen molar-refractivity contribution < 1.29 is 22.1 Å². The second kappa shape index (κ2) is 10.0. The first-order chi connectivity index (χ1) is 10.9. The number of rotatable bonds is 5. The minimum Gasteiger partial charge on any atom is -0.396 e. The maximum Gasteiger partial charge on any atom is 0.267 e. The van der Waals surface area contributed by atoms with Gasteiger partial charge in [-0.15, -0.1) is 0 Å². The van der Waals surface area contributed by atoms with E-state index in [4.69, 9.17) is 5.11 Å². The fourth-order valence-electron chi connectivity index (χ4n) is 2.83. The lowest BCUT2D eigenvalue weighted by Gasteiger charge is -2.28. The first kappa shape index (κ1) is 20.1. The van der Waals surface area contributed by atoms with Crippen molar-refractivity contribution in [3.8, 4) is 0 Å². The lowest BCUT2D eigenvalue weighted by Crippen LogP contribution is -2.17. The lowest BCUT2D eigenvalue weighted by molar-refractivity contribution is 0.180. The zero-order valence-corrected chi connectivity index (χ0v) is 14.7.